The highest BCUT2D eigenvalue weighted by atomic mass is 16.8. The molecule has 0 aromatic carbocycles. The van der Waals surface area contributed by atoms with Crippen LogP contribution in [0.25, 0.3) is 0 Å². The Morgan fingerprint density at radius 3 is 1.19 bits per heavy atom. The van der Waals surface area contributed by atoms with Gasteiger partial charge >= 0.3 is 0 Å². The molecule has 0 rings (SSSR count). The largest absolute Gasteiger partial charge is 0.353 e. The molecule has 0 aliphatic heterocycles. The van der Waals surface area contributed by atoms with E-state index in [0.29, 0.717) is 39.6 Å². The van der Waals surface area contributed by atoms with Crippen LogP contribution in [-0.2, 0) is 33.2 Å². The summed E-state index contributed by atoms with van der Waals surface area (Å²) in [6, 6.07) is 0. The van der Waals surface area contributed by atoms with E-state index in [1.165, 1.54) is 0 Å². The maximum atomic E-state index is 6.27. The molecule has 0 fully saturated rings. The molecule has 0 aliphatic rings. The molecule has 0 saturated carbocycles. The topological polar surface area (TPSA) is 64.6 Å². The van der Waals surface area contributed by atoms with Crippen molar-refractivity contribution in [2.75, 3.05) is 39.6 Å². The van der Waals surface area contributed by atoms with Gasteiger partial charge in [0.25, 0.3) is 0 Å². The predicted octanol–water partition coefficient (Wildman–Crippen LogP) is 7.54. The Labute approximate surface area is 228 Å². The van der Waals surface area contributed by atoms with Gasteiger partial charge in [-0.15, -0.1) is 0 Å². The van der Waals surface area contributed by atoms with E-state index in [-0.39, 0.29) is 12.6 Å². The number of unbranched alkanes of at least 4 members (excludes halogenated alkanes) is 4. The molecule has 7 heteroatoms. The van der Waals surface area contributed by atoms with Crippen LogP contribution in [0.2, 0.25) is 0 Å². The second kappa shape index (κ2) is 28.2. The van der Waals surface area contributed by atoms with Crippen LogP contribution in [0.15, 0.2) is 24.3 Å². The zero-order valence-electron chi connectivity index (χ0n) is 24.8. The quantitative estimate of drug-likeness (QED) is 0.0588. The smallest absolute Gasteiger partial charge is 0.180 e. The van der Waals surface area contributed by atoms with Crippen molar-refractivity contribution in [2.24, 2.45) is 0 Å². The van der Waals surface area contributed by atoms with Crippen LogP contribution in [0.3, 0.4) is 0 Å². The summed E-state index contributed by atoms with van der Waals surface area (Å²) in [5.41, 5.74) is 0. The molecule has 0 aliphatic carbocycles. The van der Waals surface area contributed by atoms with Crippen LogP contribution in [0.5, 0.6) is 0 Å². The Morgan fingerprint density at radius 2 is 0.865 bits per heavy atom. The predicted molar refractivity (Wildman–Crippen MR) is 150 cm³/mol. The first-order valence-corrected chi connectivity index (χ1v) is 14.8. The van der Waals surface area contributed by atoms with Crippen LogP contribution in [-0.4, -0.2) is 64.8 Å². The third-order valence-corrected chi connectivity index (χ3v) is 5.46. The molecule has 0 N–H and O–H groups in total. The van der Waals surface area contributed by atoms with Gasteiger partial charge in [0.05, 0.1) is 13.2 Å². The molecule has 0 amide bonds. The monoisotopic (exact) mass is 530 g/mol. The van der Waals surface area contributed by atoms with Crippen molar-refractivity contribution in [3.8, 4) is 0 Å². The van der Waals surface area contributed by atoms with Crippen molar-refractivity contribution < 1.29 is 33.2 Å². The lowest BCUT2D eigenvalue weighted by molar-refractivity contribution is -0.208. The maximum absolute atomic E-state index is 6.27. The molecule has 0 heterocycles. The van der Waals surface area contributed by atoms with E-state index in [1.54, 1.807) is 0 Å². The van der Waals surface area contributed by atoms with Crippen LogP contribution in [0.4, 0.5) is 0 Å². The van der Waals surface area contributed by atoms with E-state index in [2.05, 4.69) is 26.0 Å². The van der Waals surface area contributed by atoms with Gasteiger partial charge in [0.15, 0.2) is 25.2 Å². The lowest BCUT2D eigenvalue weighted by atomic mass is 10.2. The molecule has 0 aromatic heterocycles. The fourth-order valence-electron chi connectivity index (χ4n) is 3.57. The second-order valence-corrected chi connectivity index (χ2v) is 8.72. The first-order chi connectivity index (χ1) is 18.1. The minimum absolute atomic E-state index is 0.181. The molecule has 37 heavy (non-hydrogen) atoms. The van der Waals surface area contributed by atoms with Crippen LogP contribution in [0.1, 0.15) is 106 Å². The minimum atomic E-state index is -0.477. The number of ether oxygens (including phenoxy) is 7. The summed E-state index contributed by atoms with van der Waals surface area (Å²) in [4.78, 5) is 0. The highest BCUT2D eigenvalue weighted by Crippen LogP contribution is 2.13. The van der Waals surface area contributed by atoms with Gasteiger partial charge in [-0.1, -0.05) is 51.7 Å². The standard InChI is InChI=1S/C30H58O7/c1-7-13-19-25-35-29(23-17-15-21-27(31-9-3)32-10-4)37-30(36-26-20-14-8-2)24-18-16-22-28(33-11-5)34-12-6/h17-18,23-24,27-30H,7-16,19-22,25-26H2,1-6H3. The van der Waals surface area contributed by atoms with Gasteiger partial charge in [0.2, 0.25) is 0 Å². The summed E-state index contributed by atoms with van der Waals surface area (Å²) in [6.07, 6.45) is 16.6. The molecule has 0 aromatic rings. The summed E-state index contributed by atoms with van der Waals surface area (Å²) in [7, 11) is 0. The van der Waals surface area contributed by atoms with Crippen molar-refractivity contribution in [1.82, 2.24) is 0 Å². The molecule has 0 bridgehead atoms. The average molecular weight is 531 g/mol. The van der Waals surface area contributed by atoms with Crippen LogP contribution in [0, 0.1) is 0 Å². The van der Waals surface area contributed by atoms with Gasteiger partial charge in [-0.05, 0) is 65.5 Å². The van der Waals surface area contributed by atoms with E-state index < -0.39 is 12.6 Å². The van der Waals surface area contributed by atoms with Crippen molar-refractivity contribution in [3.05, 3.63) is 24.3 Å². The summed E-state index contributed by atoms with van der Waals surface area (Å²) >= 11 is 0. The Kier molecular flexibility index (Phi) is 27.6. The van der Waals surface area contributed by atoms with E-state index in [1.807, 2.05) is 39.8 Å². The van der Waals surface area contributed by atoms with Crippen molar-refractivity contribution >= 4 is 0 Å². The highest BCUT2D eigenvalue weighted by Gasteiger charge is 2.14. The fraction of sp³-hybridized carbons (Fsp3) is 0.867. The molecule has 2 unspecified atom stereocenters. The molecular weight excluding hydrogens is 472 g/mol. The lowest BCUT2D eigenvalue weighted by Gasteiger charge is -2.22. The van der Waals surface area contributed by atoms with Crippen molar-refractivity contribution in [3.63, 3.8) is 0 Å². The Hall–Kier alpha value is -0.800. The van der Waals surface area contributed by atoms with Crippen molar-refractivity contribution in [1.29, 1.82) is 0 Å². The molecule has 2 atom stereocenters. The third-order valence-electron chi connectivity index (χ3n) is 5.46. The summed E-state index contributed by atoms with van der Waals surface area (Å²) < 4.78 is 41.0. The molecule has 7 nitrogen and oxygen atoms in total. The van der Waals surface area contributed by atoms with E-state index >= 15 is 0 Å². The first kappa shape index (κ1) is 36.2. The van der Waals surface area contributed by atoms with Gasteiger partial charge < -0.3 is 33.2 Å². The molecule has 0 radical (unpaired) electrons. The Balaban J connectivity index is 5.10. The van der Waals surface area contributed by atoms with Crippen LogP contribution >= 0.6 is 0 Å². The number of allylic oxidation sites excluding steroid dienone is 2. The molecular formula is C30H58O7. The van der Waals surface area contributed by atoms with Gasteiger partial charge in [0.1, 0.15) is 0 Å². The van der Waals surface area contributed by atoms with E-state index in [4.69, 9.17) is 33.2 Å². The van der Waals surface area contributed by atoms with Crippen LogP contribution < -0.4 is 0 Å². The second-order valence-electron chi connectivity index (χ2n) is 8.72. The van der Waals surface area contributed by atoms with E-state index in [0.717, 1.165) is 64.2 Å². The Morgan fingerprint density at radius 1 is 0.486 bits per heavy atom. The number of rotatable bonds is 28. The lowest BCUT2D eigenvalue weighted by Crippen LogP contribution is -2.25. The van der Waals surface area contributed by atoms with Gasteiger partial charge in [-0.25, -0.2) is 0 Å². The first-order valence-electron chi connectivity index (χ1n) is 14.8. The van der Waals surface area contributed by atoms with E-state index in [9.17, 15) is 0 Å². The Bertz CT molecular complexity index is 456. The normalized spacial score (nSPS) is 14.1. The molecule has 0 spiro atoms. The highest BCUT2D eigenvalue weighted by molar-refractivity contribution is 4.90. The summed E-state index contributed by atoms with van der Waals surface area (Å²) in [5.74, 6) is 0. The fourth-order valence-corrected chi connectivity index (χ4v) is 3.57. The zero-order chi connectivity index (χ0) is 27.4. The average Bonchev–Trinajstić information content (AvgIpc) is 2.89. The van der Waals surface area contributed by atoms with Crippen molar-refractivity contribution in [2.45, 2.75) is 131 Å². The summed E-state index contributed by atoms with van der Waals surface area (Å²) in [6.45, 7) is 16.2. The number of hydrogen-bond donors (Lipinski definition) is 0. The van der Waals surface area contributed by atoms with Gasteiger partial charge in [-0.2, -0.15) is 0 Å². The zero-order valence-corrected chi connectivity index (χ0v) is 24.8. The number of hydrogen-bond acceptors (Lipinski definition) is 7. The molecule has 220 valence electrons. The third kappa shape index (κ3) is 22.9. The molecule has 0 saturated heterocycles. The van der Waals surface area contributed by atoms with Gasteiger partial charge in [-0.3, -0.25) is 0 Å². The van der Waals surface area contributed by atoms with Gasteiger partial charge in [0, 0.05) is 39.3 Å². The maximum Gasteiger partial charge on any atom is 0.180 e. The minimum Gasteiger partial charge on any atom is -0.353 e. The summed E-state index contributed by atoms with van der Waals surface area (Å²) in [5, 5.41) is 0. The SMILES string of the molecule is CCCCCOC(C=CCCC(OCC)OCC)OC(C=CCCC(OCC)OCC)OCCCCC.